The van der Waals surface area contributed by atoms with Gasteiger partial charge in [0.05, 0.1) is 0 Å². The third-order valence-corrected chi connectivity index (χ3v) is 2.56. The Morgan fingerprint density at radius 1 is 1.40 bits per heavy atom. The Balaban J connectivity index is 3.21. The van der Waals surface area contributed by atoms with Crippen molar-refractivity contribution in [2.45, 2.75) is 32.6 Å². The van der Waals surface area contributed by atoms with Crippen molar-refractivity contribution in [3.63, 3.8) is 0 Å². The van der Waals surface area contributed by atoms with Crippen molar-refractivity contribution in [1.82, 2.24) is 0 Å². The van der Waals surface area contributed by atoms with Crippen LogP contribution < -0.4 is 0 Å². The topological polar surface area (TPSA) is 37.3 Å². The van der Waals surface area contributed by atoms with Gasteiger partial charge >= 0.3 is 0 Å². The van der Waals surface area contributed by atoms with Crippen molar-refractivity contribution in [1.29, 1.82) is 0 Å². The zero-order chi connectivity index (χ0) is 8.04. The van der Waals surface area contributed by atoms with Crippen molar-refractivity contribution >= 4 is 20.0 Å². The van der Waals surface area contributed by atoms with E-state index in [-0.39, 0.29) is 5.75 Å². The lowest BCUT2D eigenvalue weighted by atomic mass is 10.2. The molecule has 0 aliphatic rings. The Morgan fingerprint density at radius 2 is 2.00 bits per heavy atom. The van der Waals surface area contributed by atoms with Crippen LogP contribution in [0.15, 0.2) is 0 Å². The second kappa shape index (κ2) is 5.04. The molecule has 4 heteroatoms. The zero-order valence-electron chi connectivity index (χ0n) is 6.21. The van der Waals surface area contributed by atoms with Gasteiger partial charge in [0.1, 0.15) is 8.77 Å². The van der Waals surface area contributed by atoms with Crippen molar-refractivity contribution in [2.75, 3.05) is 5.75 Å². The second-order valence-corrected chi connectivity index (χ2v) is 5.48. The lowest BCUT2D eigenvalue weighted by Crippen LogP contribution is -2.01. The third-order valence-electron chi connectivity index (χ3n) is 1.26. The summed E-state index contributed by atoms with van der Waals surface area (Å²) in [5.74, 6) is 0.280. The molecule has 1 unspecified atom stereocenters. The van der Waals surface area contributed by atoms with Crippen LogP contribution in [0.1, 0.15) is 32.6 Å². The number of rotatable bonds is 5. The van der Waals surface area contributed by atoms with Gasteiger partial charge in [0.15, 0.2) is 0 Å². The van der Waals surface area contributed by atoms with Crippen LogP contribution in [0.4, 0.5) is 0 Å². The highest BCUT2D eigenvalue weighted by Crippen LogP contribution is 2.00. The zero-order valence-corrected chi connectivity index (χ0v) is 7.84. The third kappa shape index (κ3) is 8.33. The van der Waals surface area contributed by atoms with E-state index < -0.39 is 8.77 Å². The first-order valence-electron chi connectivity index (χ1n) is 3.51. The standard InChI is InChI=1S/C6H14O2S2/c1-2-3-4-5-6-10(7,8)9/h2-6H2,1H3,(H,7,8,9). The maximum atomic E-state index is 10.5. The Morgan fingerprint density at radius 3 is 2.40 bits per heavy atom. The summed E-state index contributed by atoms with van der Waals surface area (Å²) in [4.78, 5) is 0. The van der Waals surface area contributed by atoms with Crippen LogP contribution in [0.5, 0.6) is 0 Å². The Hall–Kier alpha value is 0.330. The second-order valence-electron chi connectivity index (χ2n) is 2.35. The van der Waals surface area contributed by atoms with Gasteiger partial charge in [0.25, 0.3) is 0 Å². The van der Waals surface area contributed by atoms with Crippen molar-refractivity contribution in [2.24, 2.45) is 0 Å². The molecule has 0 rings (SSSR count). The van der Waals surface area contributed by atoms with Gasteiger partial charge in [0, 0.05) is 16.9 Å². The van der Waals surface area contributed by atoms with Crippen molar-refractivity contribution in [3.8, 4) is 0 Å². The Labute approximate surface area is 67.5 Å². The van der Waals surface area contributed by atoms with Gasteiger partial charge in [-0.2, -0.15) is 0 Å². The van der Waals surface area contributed by atoms with E-state index in [1.165, 1.54) is 0 Å². The minimum Gasteiger partial charge on any atom is -0.306 e. The molecule has 1 atom stereocenters. The quantitative estimate of drug-likeness (QED) is 0.659. The van der Waals surface area contributed by atoms with Crippen molar-refractivity contribution in [3.05, 3.63) is 0 Å². The summed E-state index contributed by atoms with van der Waals surface area (Å²) in [6, 6.07) is 0. The first-order chi connectivity index (χ1) is 4.56. The highest BCUT2D eigenvalue weighted by atomic mass is 32.8. The summed E-state index contributed by atoms with van der Waals surface area (Å²) < 4.78 is 19.2. The maximum absolute atomic E-state index is 10.5. The molecule has 0 aromatic heterocycles. The van der Waals surface area contributed by atoms with E-state index >= 15 is 0 Å². The maximum Gasteiger partial charge on any atom is 0.141 e. The number of unbranched alkanes of at least 4 members (excludes halogenated alkanes) is 3. The SMILES string of the molecule is CCCCCCS(=O)(O)=S. The number of hydrogen-bond donors (Lipinski definition) is 1. The molecule has 0 heterocycles. The molecule has 0 radical (unpaired) electrons. The fourth-order valence-electron chi connectivity index (χ4n) is 0.711. The minimum absolute atomic E-state index is 0.280. The minimum atomic E-state index is -2.87. The molecule has 2 nitrogen and oxygen atoms in total. The lowest BCUT2D eigenvalue weighted by Gasteiger charge is -1.97. The summed E-state index contributed by atoms with van der Waals surface area (Å²) in [7, 11) is -2.87. The van der Waals surface area contributed by atoms with Gasteiger partial charge in [-0.15, -0.1) is 0 Å². The molecule has 0 saturated carbocycles. The summed E-state index contributed by atoms with van der Waals surface area (Å²) >= 11 is 4.32. The van der Waals surface area contributed by atoms with E-state index in [0.717, 1.165) is 25.7 Å². The van der Waals surface area contributed by atoms with E-state index in [1.807, 2.05) is 0 Å². The summed E-state index contributed by atoms with van der Waals surface area (Å²) in [5, 5.41) is 0. The average Bonchev–Trinajstić information content (AvgIpc) is 1.78. The van der Waals surface area contributed by atoms with Crippen LogP contribution in [0, 0.1) is 0 Å². The van der Waals surface area contributed by atoms with Gasteiger partial charge in [-0.1, -0.05) is 26.2 Å². The fourth-order valence-corrected chi connectivity index (χ4v) is 1.63. The highest BCUT2D eigenvalue weighted by molar-refractivity contribution is 8.29. The van der Waals surface area contributed by atoms with E-state index in [9.17, 15) is 4.21 Å². The van der Waals surface area contributed by atoms with E-state index in [4.69, 9.17) is 4.55 Å². The first-order valence-corrected chi connectivity index (χ1v) is 6.12. The van der Waals surface area contributed by atoms with Crippen LogP contribution in [0.25, 0.3) is 0 Å². The molecule has 1 N–H and O–H groups in total. The van der Waals surface area contributed by atoms with Gasteiger partial charge in [-0.3, -0.25) is 0 Å². The average molecular weight is 182 g/mol. The molecule has 0 aromatic carbocycles. The molecule has 10 heavy (non-hydrogen) atoms. The van der Waals surface area contributed by atoms with Crippen LogP contribution in [-0.4, -0.2) is 14.5 Å². The van der Waals surface area contributed by atoms with E-state index in [2.05, 4.69) is 18.1 Å². The summed E-state index contributed by atoms with van der Waals surface area (Å²) in [6.07, 6.45) is 4.08. The van der Waals surface area contributed by atoms with Crippen LogP contribution in [-0.2, 0) is 20.0 Å². The monoisotopic (exact) mass is 182 g/mol. The molecule has 0 bridgehead atoms. The highest BCUT2D eigenvalue weighted by Gasteiger charge is 1.97. The van der Waals surface area contributed by atoms with Gasteiger partial charge in [-0.05, 0) is 6.42 Å². The molecular formula is C6H14O2S2. The van der Waals surface area contributed by atoms with Crippen LogP contribution >= 0.6 is 0 Å². The lowest BCUT2D eigenvalue weighted by molar-refractivity contribution is 0.555. The Kier molecular flexibility index (Phi) is 5.21. The smallest absolute Gasteiger partial charge is 0.141 e. The largest absolute Gasteiger partial charge is 0.306 e. The van der Waals surface area contributed by atoms with E-state index in [0.29, 0.717) is 0 Å². The predicted octanol–water partition coefficient (Wildman–Crippen LogP) is 1.79. The van der Waals surface area contributed by atoms with Gasteiger partial charge in [-0.25, -0.2) is 4.21 Å². The molecule has 0 spiro atoms. The normalized spacial score (nSPS) is 16.6. The Bertz CT molecular complexity index is 161. The molecule has 0 aromatic rings. The molecule has 0 amide bonds. The number of hydrogen-bond acceptors (Lipinski definition) is 2. The van der Waals surface area contributed by atoms with E-state index in [1.54, 1.807) is 0 Å². The molecule has 0 fully saturated rings. The summed E-state index contributed by atoms with van der Waals surface area (Å²) in [5.41, 5.74) is 0. The van der Waals surface area contributed by atoms with Crippen molar-refractivity contribution < 1.29 is 8.76 Å². The summed E-state index contributed by atoms with van der Waals surface area (Å²) in [6.45, 7) is 2.10. The van der Waals surface area contributed by atoms with Crippen LogP contribution in [0.2, 0.25) is 0 Å². The molecule has 0 aliphatic carbocycles. The molecular weight excluding hydrogens is 168 g/mol. The molecule has 0 saturated heterocycles. The molecule has 62 valence electrons. The van der Waals surface area contributed by atoms with Gasteiger partial charge < -0.3 is 4.55 Å². The first kappa shape index (κ1) is 10.3. The molecule has 0 aliphatic heterocycles. The van der Waals surface area contributed by atoms with Gasteiger partial charge in [0.2, 0.25) is 0 Å². The predicted molar refractivity (Wildman–Crippen MR) is 47.1 cm³/mol. The van der Waals surface area contributed by atoms with Crippen LogP contribution in [0.3, 0.4) is 0 Å². The fraction of sp³-hybridized carbons (Fsp3) is 1.00.